The first-order valence-corrected chi connectivity index (χ1v) is 11.0. The Hall–Kier alpha value is -4.24. The van der Waals surface area contributed by atoms with Crippen molar-refractivity contribution in [2.24, 2.45) is 0 Å². The maximum Gasteiger partial charge on any atom is 0.407 e. The zero-order valence-electron chi connectivity index (χ0n) is 19.1. The van der Waals surface area contributed by atoms with Crippen molar-refractivity contribution in [1.29, 1.82) is 0 Å². The Labute approximate surface area is 202 Å². The van der Waals surface area contributed by atoms with Crippen molar-refractivity contribution in [3.05, 3.63) is 89.2 Å². The van der Waals surface area contributed by atoms with Crippen molar-refractivity contribution >= 4 is 18.0 Å². The fourth-order valence-corrected chi connectivity index (χ4v) is 4.14. The average molecular weight is 476 g/mol. The number of carboxylic acids is 1. The van der Waals surface area contributed by atoms with Crippen LogP contribution in [-0.2, 0) is 20.8 Å². The molecule has 0 saturated carbocycles. The molecule has 0 spiro atoms. The second-order valence-electron chi connectivity index (χ2n) is 8.04. The van der Waals surface area contributed by atoms with Gasteiger partial charge in [-0.1, -0.05) is 48.5 Å². The number of nitrogens with zero attached hydrogens (tertiary/aromatic N) is 1. The lowest BCUT2D eigenvalue weighted by Gasteiger charge is -2.19. The number of aromatic carboxylic acids is 1. The third kappa shape index (κ3) is 5.47. The van der Waals surface area contributed by atoms with Crippen LogP contribution in [0, 0.1) is 0 Å². The van der Waals surface area contributed by atoms with E-state index in [9.17, 15) is 14.4 Å². The molecule has 1 atom stereocenters. The van der Waals surface area contributed by atoms with Gasteiger partial charge in [0.2, 0.25) is 5.91 Å². The molecule has 1 aliphatic rings. The molecule has 3 aromatic rings. The Morgan fingerprint density at radius 1 is 1.03 bits per heavy atom. The number of carbonyl (C=O) groups is 3. The molecule has 9 nitrogen and oxygen atoms in total. The fraction of sp³-hybridized carbons (Fsp3) is 0.231. The molecule has 0 bridgehead atoms. The topological polar surface area (TPSA) is 127 Å². The van der Waals surface area contributed by atoms with E-state index in [1.165, 1.54) is 25.4 Å². The summed E-state index contributed by atoms with van der Waals surface area (Å²) in [5, 5.41) is 14.3. The van der Waals surface area contributed by atoms with Gasteiger partial charge in [0.1, 0.15) is 12.6 Å². The highest BCUT2D eigenvalue weighted by Gasteiger charge is 2.29. The number of hydrogen-bond acceptors (Lipinski definition) is 6. The molecule has 0 fully saturated rings. The Balaban J connectivity index is 1.36. The zero-order chi connectivity index (χ0) is 24.8. The molecule has 0 saturated heterocycles. The Morgan fingerprint density at radius 3 is 2.31 bits per heavy atom. The van der Waals surface area contributed by atoms with Gasteiger partial charge in [0.25, 0.3) is 0 Å². The minimum atomic E-state index is -1.09. The fourth-order valence-electron chi connectivity index (χ4n) is 4.14. The van der Waals surface area contributed by atoms with Crippen molar-refractivity contribution in [2.75, 3.05) is 20.3 Å². The second-order valence-corrected chi connectivity index (χ2v) is 8.04. The molecule has 35 heavy (non-hydrogen) atoms. The highest BCUT2D eigenvalue weighted by Crippen LogP contribution is 2.44. The summed E-state index contributed by atoms with van der Waals surface area (Å²) in [4.78, 5) is 40.4. The molecule has 180 valence electrons. The van der Waals surface area contributed by atoms with E-state index in [4.69, 9.17) is 14.6 Å². The van der Waals surface area contributed by atoms with Gasteiger partial charge < -0.3 is 25.2 Å². The minimum absolute atomic E-state index is 0.00740. The van der Waals surface area contributed by atoms with E-state index in [1.54, 1.807) is 0 Å². The first-order chi connectivity index (χ1) is 17.0. The molecular formula is C26H25N3O6. The van der Waals surface area contributed by atoms with E-state index >= 15 is 0 Å². The number of aromatic nitrogens is 1. The summed E-state index contributed by atoms with van der Waals surface area (Å²) in [7, 11) is 1.41. The maximum atomic E-state index is 12.6. The molecule has 1 heterocycles. The third-order valence-corrected chi connectivity index (χ3v) is 5.79. The van der Waals surface area contributed by atoms with Crippen molar-refractivity contribution in [1.82, 2.24) is 15.6 Å². The van der Waals surface area contributed by atoms with Gasteiger partial charge in [0, 0.05) is 19.2 Å². The lowest BCUT2D eigenvalue weighted by molar-refractivity contribution is -0.124. The third-order valence-electron chi connectivity index (χ3n) is 5.79. The van der Waals surface area contributed by atoms with Crippen LogP contribution in [0.2, 0.25) is 0 Å². The highest BCUT2D eigenvalue weighted by molar-refractivity contribution is 5.88. The molecule has 2 amide bonds. The van der Waals surface area contributed by atoms with Crippen molar-refractivity contribution in [3.8, 4) is 11.1 Å². The van der Waals surface area contributed by atoms with E-state index in [0.717, 1.165) is 22.3 Å². The average Bonchev–Trinajstić information content (AvgIpc) is 3.19. The van der Waals surface area contributed by atoms with Gasteiger partial charge in [-0.05, 0) is 34.4 Å². The number of fused-ring (bicyclic) bond motifs is 3. The quantitative estimate of drug-likeness (QED) is 0.434. The molecule has 1 aromatic heterocycles. The number of carbonyl (C=O) groups excluding carboxylic acids is 2. The van der Waals surface area contributed by atoms with E-state index in [0.29, 0.717) is 5.69 Å². The van der Waals surface area contributed by atoms with E-state index in [2.05, 4.69) is 15.6 Å². The SMILES string of the molecule is COCC(NC(=O)OCC1c2ccccc2-c2ccccc21)C(=O)NCc1cc(C(=O)O)ccn1. The molecule has 0 radical (unpaired) electrons. The predicted molar refractivity (Wildman–Crippen MR) is 127 cm³/mol. The van der Waals surface area contributed by atoms with Crippen LogP contribution in [0.15, 0.2) is 66.9 Å². The minimum Gasteiger partial charge on any atom is -0.478 e. The van der Waals surface area contributed by atoms with Crippen LogP contribution in [0.25, 0.3) is 11.1 Å². The van der Waals surface area contributed by atoms with Crippen molar-refractivity contribution in [2.45, 2.75) is 18.5 Å². The van der Waals surface area contributed by atoms with Gasteiger partial charge in [0.05, 0.1) is 24.4 Å². The Bertz CT molecular complexity index is 1200. The van der Waals surface area contributed by atoms with Crippen LogP contribution >= 0.6 is 0 Å². The molecule has 1 unspecified atom stereocenters. The summed E-state index contributed by atoms with van der Waals surface area (Å²) >= 11 is 0. The lowest BCUT2D eigenvalue weighted by atomic mass is 9.98. The number of ether oxygens (including phenoxy) is 2. The molecule has 9 heteroatoms. The standard InChI is InChI=1S/C26H25N3O6/c1-34-15-23(24(30)28-13-17-12-16(25(31)32)10-11-27-17)29-26(33)35-14-22-20-8-4-2-6-18(20)19-7-3-5-9-21(19)22/h2-12,22-23H,13-15H2,1H3,(H,28,30)(H,29,33)(H,31,32). The summed E-state index contributed by atoms with van der Waals surface area (Å²) in [6.07, 6.45) is 0.613. The molecule has 3 N–H and O–H groups in total. The van der Waals surface area contributed by atoms with Gasteiger partial charge in [-0.25, -0.2) is 9.59 Å². The summed E-state index contributed by atoms with van der Waals surface area (Å²) in [5.74, 6) is -1.70. The number of benzene rings is 2. The van der Waals surface area contributed by atoms with E-state index < -0.39 is 24.0 Å². The normalized spacial score (nSPS) is 12.8. The number of alkyl carbamates (subject to hydrolysis) is 1. The van der Waals surface area contributed by atoms with Crippen LogP contribution in [0.5, 0.6) is 0 Å². The summed E-state index contributed by atoms with van der Waals surface area (Å²) in [6, 6.07) is 17.7. The molecule has 1 aliphatic carbocycles. The molecule has 2 aromatic carbocycles. The van der Waals surface area contributed by atoms with Crippen LogP contribution in [-0.4, -0.2) is 54.4 Å². The molecular weight excluding hydrogens is 450 g/mol. The first kappa shape index (κ1) is 23.9. The second kappa shape index (κ2) is 10.8. The summed E-state index contributed by atoms with van der Waals surface area (Å²) in [5.41, 5.74) is 4.85. The highest BCUT2D eigenvalue weighted by atomic mass is 16.5. The number of carboxylic acid groups (broad SMARTS) is 1. The lowest BCUT2D eigenvalue weighted by Crippen LogP contribution is -2.49. The van der Waals surface area contributed by atoms with E-state index in [-0.39, 0.29) is 31.2 Å². The number of rotatable bonds is 9. The predicted octanol–water partition coefficient (Wildman–Crippen LogP) is 2.95. The Kier molecular flexibility index (Phi) is 7.37. The van der Waals surface area contributed by atoms with Gasteiger partial charge in [-0.3, -0.25) is 9.78 Å². The first-order valence-electron chi connectivity index (χ1n) is 11.0. The number of pyridine rings is 1. The zero-order valence-corrected chi connectivity index (χ0v) is 19.1. The number of hydrogen-bond donors (Lipinski definition) is 3. The monoisotopic (exact) mass is 475 g/mol. The van der Waals surface area contributed by atoms with Gasteiger partial charge in [-0.15, -0.1) is 0 Å². The molecule has 0 aliphatic heterocycles. The summed E-state index contributed by atoms with van der Waals surface area (Å²) < 4.78 is 10.6. The van der Waals surface area contributed by atoms with Crippen LogP contribution in [0.3, 0.4) is 0 Å². The van der Waals surface area contributed by atoms with Gasteiger partial charge in [-0.2, -0.15) is 0 Å². The van der Waals surface area contributed by atoms with Crippen molar-refractivity contribution < 1.29 is 29.0 Å². The maximum absolute atomic E-state index is 12.6. The Morgan fingerprint density at radius 2 is 1.69 bits per heavy atom. The van der Waals surface area contributed by atoms with Crippen LogP contribution < -0.4 is 10.6 Å². The van der Waals surface area contributed by atoms with E-state index in [1.807, 2.05) is 48.5 Å². The van der Waals surface area contributed by atoms with Crippen LogP contribution in [0.1, 0.15) is 33.1 Å². The number of methoxy groups -OCH3 is 1. The number of amides is 2. The number of nitrogens with one attached hydrogen (secondary N) is 2. The van der Waals surface area contributed by atoms with Gasteiger partial charge >= 0.3 is 12.1 Å². The smallest absolute Gasteiger partial charge is 0.407 e. The molecule has 4 rings (SSSR count). The summed E-state index contributed by atoms with van der Waals surface area (Å²) in [6.45, 7) is 0.0399. The van der Waals surface area contributed by atoms with Gasteiger partial charge in [0.15, 0.2) is 0 Å². The van der Waals surface area contributed by atoms with Crippen molar-refractivity contribution in [3.63, 3.8) is 0 Å². The largest absolute Gasteiger partial charge is 0.478 e. The van der Waals surface area contributed by atoms with Crippen LogP contribution in [0.4, 0.5) is 4.79 Å².